The van der Waals surface area contributed by atoms with E-state index in [1.165, 1.54) is 0 Å². The van der Waals surface area contributed by atoms with E-state index >= 15 is 0 Å². The topological polar surface area (TPSA) is 116 Å². The molecule has 61 heavy (non-hydrogen) atoms. The Balaban J connectivity index is 1.08. The Morgan fingerprint density at radius 3 is 1.49 bits per heavy atom. The first-order valence-electron chi connectivity index (χ1n) is 19.8. The summed E-state index contributed by atoms with van der Waals surface area (Å²) >= 11 is 0. The third-order valence-electron chi connectivity index (χ3n) is 10.5. The van der Waals surface area contributed by atoms with Crippen LogP contribution in [0, 0.1) is 0 Å². The number of para-hydroxylation sites is 1. The van der Waals surface area contributed by atoms with Crippen molar-refractivity contribution in [1.29, 1.82) is 0 Å². The van der Waals surface area contributed by atoms with Gasteiger partial charge in [-0.25, -0.2) is 29.9 Å². The first-order chi connectivity index (χ1) is 30.2. The molecule has 9 nitrogen and oxygen atoms in total. The summed E-state index contributed by atoms with van der Waals surface area (Å²) in [5, 5.41) is 2.18. The second kappa shape index (κ2) is 15.3. The van der Waals surface area contributed by atoms with E-state index in [0.717, 1.165) is 61.0 Å². The van der Waals surface area contributed by atoms with Crippen LogP contribution in [-0.2, 0) is 0 Å². The molecule has 0 aliphatic heterocycles. The summed E-state index contributed by atoms with van der Waals surface area (Å²) in [6, 6.07) is 60.0. The number of hydrogen-bond donors (Lipinski definition) is 0. The lowest BCUT2D eigenvalue weighted by atomic mass is 9.98. The van der Waals surface area contributed by atoms with E-state index in [9.17, 15) is 0 Å². The fourth-order valence-corrected chi connectivity index (χ4v) is 7.55. The maximum atomic E-state index is 6.20. The zero-order valence-corrected chi connectivity index (χ0v) is 32.5. The second-order valence-corrected chi connectivity index (χ2v) is 14.4. The van der Waals surface area contributed by atoms with Crippen LogP contribution >= 0.6 is 0 Å². The van der Waals surface area contributed by atoms with Gasteiger partial charge in [-0.3, -0.25) is 9.97 Å². The highest BCUT2D eigenvalue weighted by molar-refractivity contribution is 6.12. The molecule has 11 aromatic rings. The van der Waals surface area contributed by atoms with Crippen LogP contribution in [0.4, 0.5) is 0 Å². The van der Waals surface area contributed by atoms with Crippen molar-refractivity contribution in [2.75, 3.05) is 0 Å². The maximum Gasteiger partial charge on any atom is 0.182 e. The molecule has 0 atom stereocenters. The van der Waals surface area contributed by atoms with Gasteiger partial charge in [0.05, 0.1) is 28.5 Å². The molecule has 0 spiro atoms. The molecule has 0 aliphatic rings. The Morgan fingerprint density at radius 2 is 0.836 bits per heavy atom. The summed E-state index contributed by atoms with van der Waals surface area (Å²) < 4.78 is 6.20. The number of hydrogen-bond acceptors (Lipinski definition) is 9. The Morgan fingerprint density at radius 1 is 0.295 bits per heavy atom. The number of pyridine rings is 3. The molecule has 11 rings (SSSR count). The maximum absolute atomic E-state index is 6.20. The quantitative estimate of drug-likeness (QED) is 0.148. The lowest BCUT2D eigenvalue weighted by molar-refractivity contribution is 0.669. The summed E-state index contributed by atoms with van der Waals surface area (Å²) in [6.45, 7) is 0. The first kappa shape index (κ1) is 35.6. The summed E-state index contributed by atoms with van der Waals surface area (Å²) in [5.74, 6) is 1.90. The highest BCUT2D eigenvalue weighted by Crippen LogP contribution is 2.38. The third-order valence-corrected chi connectivity index (χ3v) is 10.5. The second-order valence-electron chi connectivity index (χ2n) is 14.4. The van der Waals surface area contributed by atoms with Crippen LogP contribution in [0.25, 0.3) is 113 Å². The van der Waals surface area contributed by atoms with Crippen molar-refractivity contribution >= 4 is 21.9 Å². The van der Waals surface area contributed by atoms with Crippen LogP contribution in [0.3, 0.4) is 0 Å². The van der Waals surface area contributed by atoms with Gasteiger partial charge < -0.3 is 4.42 Å². The summed E-state index contributed by atoms with van der Waals surface area (Å²) in [4.78, 5) is 39.7. The number of nitrogens with zero attached hydrogens (tertiary/aromatic N) is 8. The molecule has 0 amide bonds. The number of rotatable bonds is 8. The number of benzene rings is 5. The minimum atomic E-state index is 0.399. The third kappa shape index (κ3) is 6.96. The molecule has 0 saturated carbocycles. The summed E-state index contributed by atoms with van der Waals surface area (Å²) in [6.07, 6.45) is 3.51. The molecule has 9 heteroatoms. The number of fused-ring (bicyclic) bond motifs is 3. The highest BCUT2D eigenvalue weighted by atomic mass is 16.3. The molecule has 0 saturated heterocycles. The van der Waals surface area contributed by atoms with Crippen molar-refractivity contribution in [2.24, 2.45) is 0 Å². The van der Waals surface area contributed by atoms with Gasteiger partial charge in [-0.05, 0) is 65.7 Å². The molecule has 286 valence electrons. The zero-order chi connectivity index (χ0) is 40.5. The fraction of sp³-hybridized carbons (Fsp3) is 0. The highest BCUT2D eigenvalue weighted by Gasteiger charge is 2.19. The molecule has 6 aromatic heterocycles. The van der Waals surface area contributed by atoms with Gasteiger partial charge in [0.1, 0.15) is 16.9 Å². The molecule has 0 unspecified atom stereocenters. The van der Waals surface area contributed by atoms with Gasteiger partial charge in [-0.15, -0.1) is 0 Å². The smallest absolute Gasteiger partial charge is 0.182 e. The van der Waals surface area contributed by atoms with Gasteiger partial charge >= 0.3 is 0 Å². The monoisotopic (exact) mass is 784 g/mol. The van der Waals surface area contributed by atoms with Crippen LogP contribution in [0.1, 0.15) is 0 Å². The predicted molar refractivity (Wildman–Crippen MR) is 240 cm³/mol. The van der Waals surface area contributed by atoms with Crippen LogP contribution in [0.15, 0.2) is 199 Å². The summed E-state index contributed by atoms with van der Waals surface area (Å²) in [7, 11) is 0. The van der Waals surface area contributed by atoms with E-state index in [1.54, 1.807) is 12.4 Å². The molecular formula is C52H32N8O. The number of aromatic nitrogens is 8. The molecule has 0 bridgehead atoms. The van der Waals surface area contributed by atoms with Gasteiger partial charge in [-0.1, -0.05) is 127 Å². The largest absolute Gasteiger partial charge is 0.456 e. The molecule has 0 fully saturated rings. The van der Waals surface area contributed by atoms with Crippen molar-refractivity contribution < 1.29 is 4.42 Å². The van der Waals surface area contributed by atoms with Crippen LogP contribution in [-0.4, -0.2) is 39.9 Å². The van der Waals surface area contributed by atoms with Crippen molar-refractivity contribution in [3.05, 3.63) is 194 Å². The normalized spacial score (nSPS) is 11.3. The van der Waals surface area contributed by atoms with Crippen molar-refractivity contribution in [2.45, 2.75) is 0 Å². The Hall–Kier alpha value is -8.56. The minimum absolute atomic E-state index is 0.399. The predicted octanol–water partition coefficient (Wildman–Crippen LogP) is 12.1. The average Bonchev–Trinajstić information content (AvgIpc) is 3.74. The Bertz CT molecular complexity index is 3280. The van der Waals surface area contributed by atoms with Crippen molar-refractivity contribution in [1.82, 2.24) is 39.9 Å². The van der Waals surface area contributed by atoms with E-state index in [1.807, 2.05) is 146 Å². The Labute approximate surface area is 350 Å². The zero-order valence-electron chi connectivity index (χ0n) is 32.5. The van der Waals surface area contributed by atoms with E-state index in [4.69, 9.17) is 34.3 Å². The average molecular weight is 785 g/mol. The van der Waals surface area contributed by atoms with Gasteiger partial charge in [0.15, 0.2) is 23.3 Å². The van der Waals surface area contributed by atoms with Gasteiger partial charge in [0.2, 0.25) is 0 Å². The van der Waals surface area contributed by atoms with E-state index in [-0.39, 0.29) is 0 Å². The SMILES string of the molecule is c1ccc(-c2nc(-c3ccc(-c4cccc5oc6ccccc6c45)cc3)cc(-c3nc(-c4ccccc4)nc(-c4cc(-c5ccccn5)nc(-c5ccccn5)c4)n3)n2)cc1. The molecule has 0 aliphatic carbocycles. The molecule has 6 heterocycles. The molecule has 0 radical (unpaired) electrons. The first-order valence-corrected chi connectivity index (χ1v) is 19.8. The molecular weight excluding hydrogens is 753 g/mol. The summed E-state index contributed by atoms with van der Waals surface area (Å²) in [5.41, 5.74) is 11.3. The lowest BCUT2D eigenvalue weighted by Crippen LogP contribution is -2.04. The Kier molecular flexibility index (Phi) is 8.94. The van der Waals surface area contributed by atoms with Crippen LogP contribution < -0.4 is 0 Å². The fourth-order valence-electron chi connectivity index (χ4n) is 7.55. The van der Waals surface area contributed by atoms with E-state index < -0.39 is 0 Å². The van der Waals surface area contributed by atoms with Crippen LogP contribution in [0.2, 0.25) is 0 Å². The van der Waals surface area contributed by atoms with E-state index in [0.29, 0.717) is 51.8 Å². The van der Waals surface area contributed by atoms with Gasteiger partial charge in [-0.2, -0.15) is 0 Å². The van der Waals surface area contributed by atoms with Crippen molar-refractivity contribution in [3.63, 3.8) is 0 Å². The number of furan rings is 1. The molecule has 5 aromatic carbocycles. The van der Waals surface area contributed by atoms with Crippen molar-refractivity contribution in [3.8, 4) is 90.8 Å². The van der Waals surface area contributed by atoms with Crippen LogP contribution in [0.5, 0.6) is 0 Å². The standard InChI is InChI=1S/C52H32N8O/c1-3-14-35(15-4-1)49-56-42(34-26-24-33(25-27-34)38-19-13-23-47-48(38)39-18-7-8-22-46(39)61-47)32-45(57-49)52-59-50(36-16-5-2-6-17-36)58-51(60-52)37-30-43(40-20-9-11-28-53-40)55-44(31-37)41-21-10-12-29-54-41/h1-32H. The van der Waals surface area contributed by atoms with E-state index in [2.05, 4.69) is 46.4 Å². The van der Waals surface area contributed by atoms with Gasteiger partial charge in [0, 0.05) is 45.4 Å². The molecule has 0 N–H and O–H groups in total. The van der Waals surface area contributed by atoms with Gasteiger partial charge in [0.25, 0.3) is 0 Å². The lowest BCUT2D eigenvalue weighted by Gasteiger charge is -2.12. The minimum Gasteiger partial charge on any atom is -0.456 e.